The zero-order valence-electron chi connectivity index (χ0n) is 14.3. The van der Waals surface area contributed by atoms with Gasteiger partial charge in [-0.3, -0.25) is 9.59 Å². The van der Waals surface area contributed by atoms with Crippen LogP contribution in [0.1, 0.15) is 25.5 Å². The van der Waals surface area contributed by atoms with Gasteiger partial charge in [0, 0.05) is 12.5 Å². The fourth-order valence-electron chi connectivity index (χ4n) is 4.54. The van der Waals surface area contributed by atoms with Crippen molar-refractivity contribution in [2.24, 2.45) is 17.3 Å². The highest BCUT2D eigenvalue weighted by Crippen LogP contribution is 2.55. The topological polar surface area (TPSA) is 57.6 Å². The molecule has 0 aromatic heterocycles. The molecule has 5 atom stereocenters. The van der Waals surface area contributed by atoms with Gasteiger partial charge in [-0.25, -0.2) is 0 Å². The predicted octanol–water partition coefficient (Wildman–Crippen LogP) is 3.48. The Morgan fingerprint density at radius 3 is 2.76 bits per heavy atom. The number of benzene rings is 1. The minimum Gasteiger partial charge on any atom is -0.481 e. The monoisotopic (exact) mass is 355 g/mol. The lowest BCUT2D eigenvalue weighted by atomic mass is 9.64. The van der Waals surface area contributed by atoms with E-state index < -0.39 is 17.3 Å². The molecule has 2 aliphatic heterocycles. The number of rotatable bonds is 3. The molecule has 1 N–H and O–H groups in total. The van der Waals surface area contributed by atoms with E-state index in [0.29, 0.717) is 6.54 Å². The van der Waals surface area contributed by atoms with Crippen molar-refractivity contribution in [3.63, 3.8) is 0 Å². The van der Waals surface area contributed by atoms with E-state index in [1.54, 1.807) is 6.92 Å². The Balaban J connectivity index is 1.72. The molecule has 4 nitrogen and oxygen atoms in total. The summed E-state index contributed by atoms with van der Waals surface area (Å²) in [4.78, 5) is 27.3. The number of thioether (sulfide) groups is 1. The maximum Gasteiger partial charge on any atom is 0.311 e. The summed E-state index contributed by atoms with van der Waals surface area (Å²) in [7, 11) is 0. The van der Waals surface area contributed by atoms with Gasteiger partial charge in [-0.1, -0.05) is 42.5 Å². The van der Waals surface area contributed by atoms with E-state index in [-0.39, 0.29) is 23.1 Å². The predicted molar refractivity (Wildman–Crippen MR) is 97.9 cm³/mol. The molecule has 2 heterocycles. The number of aliphatic carboxylic acids is 1. The maximum atomic E-state index is 13.3. The quantitative estimate of drug-likeness (QED) is 0.902. The Morgan fingerprint density at radius 1 is 1.36 bits per heavy atom. The van der Waals surface area contributed by atoms with Crippen molar-refractivity contribution in [3.05, 3.63) is 59.0 Å². The number of nitrogens with zero attached hydrogens (tertiary/aromatic N) is 1. The molecule has 0 unspecified atom stereocenters. The van der Waals surface area contributed by atoms with Crippen molar-refractivity contribution in [2.45, 2.75) is 25.1 Å². The largest absolute Gasteiger partial charge is 0.481 e. The lowest BCUT2D eigenvalue weighted by Crippen LogP contribution is -2.51. The minimum absolute atomic E-state index is 0.0333. The van der Waals surface area contributed by atoms with Crippen molar-refractivity contribution < 1.29 is 14.7 Å². The molecule has 1 aromatic carbocycles. The van der Waals surface area contributed by atoms with Crippen LogP contribution in [0, 0.1) is 17.3 Å². The van der Waals surface area contributed by atoms with Crippen LogP contribution in [0.3, 0.4) is 0 Å². The first-order valence-corrected chi connectivity index (χ1v) is 9.51. The second kappa shape index (κ2) is 5.77. The summed E-state index contributed by atoms with van der Waals surface area (Å²) < 4.78 is 0. The molecule has 0 bridgehead atoms. The molecule has 5 heteroatoms. The number of carboxylic acid groups (broad SMARTS) is 1. The van der Waals surface area contributed by atoms with E-state index in [2.05, 4.69) is 6.08 Å². The van der Waals surface area contributed by atoms with Crippen molar-refractivity contribution in [2.75, 3.05) is 6.54 Å². The fraction of sp³-hybridized carbons (Fsp3) is 0.400. The second-order valence-electron chi connectivity index (χ2n) is 7.29. The molecule has 3 aliphatic rings. The van der Waals surface area contributed by atoms with E-state index >= 15 is 0 Å². The van der Waals surface area contributed by atoms with E-state index in [9.17, 15) is 14.7 Å². The molecule has 25 heavy (non-hydrogen) atoms. The summed E-state index contributed by atoms with van der Waals surface area (Å²) in [6.07, 6.45) is 4.13. The average Bonchev–Trinajstić information content (AvgIpc) is 3.20. The zero-order valence-corrected chi connectivity index (χ0v) is 15.1. The van der Waals surface area contributed by atoms with Crippen LogP contribution in [0.2, 0.25) is 0 Å². The summed E-state index contributed by atoms with van der Waals surface area (Å²) in [5, 5.41) is 11.8. The van der Waals surface area contributed by atoms with Gasteiger partial charge in [0.2, 0.25) is 5.91 Å². The Kier molecular flexibility index (Phi) is 3.80. The molecule has 4 rings (SSSR count). The van der Waals surface area contributed by atoms with Gasteiger partial charge in [0.1, 0.15) is 0 Å². The molecule has 0 radical (unpaired) electrons. The standard InChI is InChI=1S/C20H21NO3S/c1-12(13-6-4-3-5-7-13)21-11-15-10-14-8-9-25-17(14)20(2,19(23)24)16(15)18(21)22/h3-10,12,15-17H,11H2,1-2H3,(H,23,24)/t12-,15+,16-,17+,20+/m0/s1. The first kappa shape index (κ1) is 16.5. The Hall–Kier alpha value is -2.01. The lowest BCUT2D eigenvalue weighted by Gasteiger charge is -2.41. The molecule has 1 fully saturated rings. The molecule has 1 amide bonds. The van der Waals surface area contributed by atoms with Crippen LogP contribution < -0.4 is 0 Å². The highest BCUT2D eigenvalue weighted by molar-refractivity contribution is 8.03. The van der Waals surface area contributed by atoms with Crippen molar-refractivity contribution in [1.82, 2.24) is 4.90 Å². The van der Waals surface area contributed by atoms with E-state index in [4.69, 9.17) is 0 Å². The van der Waals surface area contributed by atoms with Crippen molar-refractivity contribution in [3.8, 4) is 0 Å². The van der Waals surface area contributed by atoms with Gasteiger partial charge in [0.15, 0.2) is 0 Å². The van der Waals surface area contributed by atoms with Gasteiger partial charge in [0.25, 0.3) is 0 Å². The minimum atomic E-state index is -1.08. The molecular weight excluding hydrogens is 334 g/mol. The number of fused-ring (bicyclic) bond motifs is 2. The molecular formula is C20H21NO3S. The second-order valence-corrected chi connectivity index (χ2v) is 8.31. The van der Waals surface area contributed by atoms with Crippen LogP contribution in [0.5, 0.6) is 0 Å². The number of allylic oxidation sites excluding steroid dienone is 1. The third-order valence-corrected chi connectivity index (χ3v) is 7.30. The first-order chi connectivity index (χ1) is 11.9. The average molecular weight is 355 g/mol. The molecule has 130 valence electrons. The highest BCUT2D eigenvalue weighted by atomic mass is 32.2. The van der Waals surface area contributed by atoms with Crippen LogP contribution >= 0.6 is 11.8 Å². The molecule has 0 saturated carbocycles. The van der Waals surface area contributed by atoms with Gasteiger partial charge in [0.05, 0.1) is 22.6 Å². The number of hydrogen-bond donors (Lipinski definition) is 1. The van der Waals surface area contributed by atoms with Crippen LogP contribution in [-0.4, -0.2) is 33.7 Å². The van der Waals surface area contributed by atoms with Crippen molar-refractivity contribution in [1.29, 1.82) is 0 Å². The van der Waals surface area contributed by atoms with Gasteiger partial charge in [-0.15, -0.1) is 11.8 Å². The Bertz CT molecular complexity index is 787. The van der Waals surface area contributed by atoms with Crippen LogP contribution in [0.25, 0.3) is 0 Å². The van der Waals surface area contributed by atoms with Gasteiger partial charge in [-0.05, 0) is 30.4 Å². The van der Waals surface area contributed by atoms with E-state index in [0.717, 1.165) is 11.1 Å². The summed E-state index contributed by atoms with van der Waals surface area (Å²) in [6.45, 7) is 4.35. The third kappa shape index (κ3) is 2.29. The number of amides is 1. The number of carboxylic acids is 1. The summed E-state index contributed by atoms with van der Waals surface area (Å²) in [6, 6.07) is 9.87. The van der Waals surface area contributed by atoms with Crippen LogP contribution in [0.15, 0.2) is 53.5 Å². The van der Waals surface area contributed by atoms with Gasteiger partial charge < -0.3 is 10.0 Å². The smallest absolute Gasteiger partial charge is 0.311 e. The van der Waals surface area contributed by atoms with Crippen LogP contribution in [-0.2, 0) is 9.59 Å². The maximum absolute atomic E-state index is 13.3. The number of carbonyl (C=O) groups excluding carboxylic acids is 1. The Labute approximate surface area is 151 Å². The highest BCUT2D eigenvalue weighted by Gasteiger charge is 2.61. The van der Waals surface area contributed by atoms with Crippen LogP contribution in [0.4, 0.5) is 0 Å². The number of likely N-dealkylation sites (tertiary alicyclic amines) is 1. The first-order valence-electron chi connectivity index (χ1n) is 8.57. The summed E-state index contributed by atoms with van der Waals surface area (Å²) in [5.41, 5.74) is 1.05. The molecule has 0 spiro atoms. The Morgan fingerprint density at radius 2 is 2.08 bits per heavy atom. The molecule has 1 saturated heterocycles. The van der Waals surface area contributed by atoms with Crippen molar-refractivity contribution >= 4 is 23.6 Å². The zero-order chi connectivity index (χ0) is 17.8. The van der Waals surface area contributed by atoms with Gasteiger partial charge in [-0.2, -0.15) is 0 Å². The van der Waals surface area contributed by atoms with E-state index in [1.165, 1.54) is 11.8 Å². The van der Waals surface area contributed by atoms with Gasteiger partial charge >= 0.3 is 5.97 Å². The molecule has 1 aliphatic carbocycles. The summed E-state index contributed by atoms with van der Waals surface area (Å²) >= 11 is 1.52. The summed E-state index contributed by atoms with van der Waals surface area (Å²) in [5.74, 6) is -1.46. The third-order valence-electron chi connectivity index (χ3n) is 5.97. The normalized spacial score (nSPS) is 34.5. The molecule has 1 aromatic rings. The number of carbonyl (C=O) groups is 2. The van der Waals surface area contributed by atoms with E-state index in [1.807, 2.05) is 53.6 Å². The number of hydrogen-bond acceptors (Lipinski definition) is 3. The SMILES string of the molecule is C[C@@H](c1ccccc1)N1C[C@H]2C=C3C=CS[C@H]3[C@](C)(C(=O)O)[C@@H]2C1=O. The fourth-order valence-corrected chi connectivity index (χ4v) is 5.78. The lowest BCUT2D eigenvalue weighted by molar-refractivity contribution is -0.156.